The lowest BCUT2D eigenvalue weighted by Gasteiger charge is -2.14. The monoisotopic (exact) mass is 324 g/mol. The highest BCUT2D eigenvalue weighted by atomic mass is 32.2. The van der Waals surface area contributed by atoms with E-state index in [1.165, 1.54) is 8.82 Å². The molecular formula is C12H16N6O3S. The van der Waals surface area contributed by atoms with Crippen LogP contribution in [0.5, 0.6) is 0 Å². The largest absolute Gasteiger partial charge is 0.354 e. The minimum atomic E-state index is -3.12. The Balaban J connectivity index is 1.50. The van der Waals surface area contributed by atoms with Crippen LogP contribution in [0.1, 0.15) is 12.2 Å². The van der Waals surface area contributed by atoms with E-state index in [1.807, 2.05) is 0 Å². The highest BCUT2D eigenvalue weighted by Crippen LogP contribution is 2.11. The first-order valence-corrected chi connectivity index (χ1v) is 8.56. The van der Waals surface area contributed by atoms with E-state index in [9.17, 15) is 13.2 Å². The van der Waals surface area contributed by atoms with Crippen molar-refractivity contribution >= 4 is 21.7 Å². The SMILES string of the molecule is O=C(Cc1nc2ncccn2n1)NCCN1CCCS1(=O)=O. The average molecular weight is 324 g/mol. The van der Waals surface area contributed by atoms with Gasteiger partial charge in [-0.15, -0.1) is 5.10 Å². The van der Waals surface area contributed by atoms with Crippen molar-refractivity contribution in [3.8, 4) is 0 Å². The lowest BCUT2D eigenvalue weighted by Crippen LogP contribution is -2.36. The molecule has 0 radical (unpaired) electrons. The summed E-state index contributed by atoms with van der Waals surface area (Å²) in [6.07, 6.45) is 3.99. The van der Waals surface area contributed by atoms with E-state index < -0.39 is 10.0 Å². The van der Waals surface area contributed by atoms with Crippen LogP contribution in [0.4, 0.5) is 0 Å². The van der Waals surface area contributed by atoms with E-state index in [0.29, 0.717) is 31.1 Å². The van der Waals surface area contributed by atoms with Crippen LogP contribution < -0.4 is 5.32 Å². The molecule has 0 saturated carbocycles. The molecule has 1 saturated heterocycles. The minimum absolute atomic E-state index is 0.0378. The van der Waals surface area contributed by atoms with Crippen LogP contribution in [-0.2, 0) is 21.2 Å². The van der Waals surface area contributed by atoms with E-state index >= 15 is 0 Å². The Kier molecular flexibility index (Phi) is 4.03. The Morgan fingerprint density at radius 2 is 2.27 bits per heavy atom. The third-order valence-corrected chi connectivity index (χ3v) is 5.32. The molecule has 2 aromatic heterocycles. The zero-order chi connectivity index (χ0) is 15.6. The van der Waals surface area contributed by atoms with Gasteiger partial charge in [0.2, 0.25) is 15.9 Å². The van der Waals surface area contributed by atoms with Crippen molar-refractivity contribution in [1.29, 1.82) is 0 Å². The van der Waals surface area contributed by atoms with Gasteiger partial charge in [0.05, 0.1) is 12.2 Å². The number of fused-ring (bicyclic) bond motifs is 1. The standard InChI is InChI=1S/C12H16N6O3S/c19-11(13-4-7-17-5-2-8-22(17,20)21)9-10-15-12-14-3-1-6-18(12)16-10/h1,3,6H,2,4-5,7-9H2,(H,13,19). The van der Waals surface area contributed by atoms with E-state index in [1.54, 1.807) is 18.5 Å². The van der Waals surface area contributed by atoms with Crippen LogP contribution in [0.25, 0.3) is 5.78 Å². The molecule has 118 valence electrons. The Labute approximate surface area is 127 Å². The fourth-order valence-corrected chi connectivity index (χ4v) is 3.85. The van der Waals surface area contributed by atoms with Gasteiger partial charge >= 0.3 is 0 Å². The quantitative estimate of drug-likeness (QED) is 0.741. The van der Waals surface area contributed by atoms with Gasteiger partial charge in [0.15, 0.2) is 5.82 Å². The van der Waals surface area contributed by atoms with Gasteiger partial charge in [-0.3, -0.25) is 4.79 Å². The molecule has 0 spiro atoms. The fraction of sp³-hybridized carbons (Fsp3) is 0.500. The average Bonchev–Trinajstić information content (AvgIpc) is 3.01. The molecule has 0 aliphatic carbocycles. The van der Waals surface area contributed by atoms with Crippen LogP contribution in [0.2, 0.25) is 0 Å². The van der Waals surface area contributed by atoms with Crippen LogP contribution in [0.3, 0.4) is 0 Å². The van der Waals surface area contributed by atoms with Crippen molar-refractivity contribution in [3.05, 3.63) is 24.3 Å². The first-order valence-electron chi connectivity index (χ1n) is 6.95. The highest BCUT2D eigenvalue weighted by Gasteiger charge is 2.27. The summed E-state index contributed by atoms with van der Waals surface area (Å²) in [5.41, 5.74) is 0. The predicted octanol–water partition coefficient (Wildman–Crippen LogP) is -1.18. The van der Waals surface area contributed by atoms with E-state index in [2.05, 4.69) is 20.4 Å². The molecule has 0 atom stereocenters. The minimum Gasteiger partial charge on any atom is -0.354 e. The molecule has 22 heavy (non-hydrogen) atoms. The first kappa shape index (κ1) is 14.9. The summed E-state index contributed by atoms with van der Waals surface area (Å²) in [4.78, 5) is 20.0. The molecule has 1 N–H and O–H groups in total. The second-order valence-corrected chi connectivity index (χ2v) is 7.08. The summed E-state index contributed by atoms with van der Waals surface area (Å²) in [6.45, 7) is 1.11. The molecular weight excluding hydrogens is 308 g/mol. The summed E-state index contributed by atoms with van der Waals surface area (Å²) in [5, 5.41) is 6.82. The number of nitrogens with zero attached hydrogens (tertiary/aromatic N) is 5. The third-order valence-electron chi connectivity index (χ3n) is 3.37. The lowest BCUT2D eigenvalue weighted by molar-refractivity contribution is -0.120. The van der Waals surface area contributed by atoms with E-state index in [4.69, 9.17) is 0 Å². The molecule has 2 aromatic rings. The molecule has 3 rings (SSSR count). The van der Waals surface area contributed by atoms with Crippen molar-refractivity contribution in [3.63, 3.8) is 0 Å². The molecule has 0 unspecified atom stereocenters. The molecule has 1 fully saturated rings. The molecule has 3 heterocycles. The number of aromatic nitrogens is 4. The maximum absolute atomic E-state index is 11.8. The van der Waals surface area contributed by atoms with Gasteiger partial charge in [-0.1, -0.05) is 0 Å². The Morgan fingerprint density at radius 1 is 1.41 bits per heavy atom. The maximum atomic E-state index is 11.8. The summed E-state index contributed by atoms with van der Waals surface area (Å²) in [7, 11) is -3.12. The molecule has 9 nitrogen and oxygen atoms in total. The summed E-state index contributed by atoms with van der Waals surface area (Å²) >= 11 is 0. The van der Waals surface area contributed by atoms with Crippen molar-refractivity contribution in [2.24, 2.45) is 0 Å². The number of hydrogen-bond acceptors (Lipinski definition) is 6. The van der Waals surface area contributed by atoms with Gasteiger partial charge in [0.1, 0.15) is 0 Å². The number of carbonyl (C=O) groups excluding carboxylic acids is 1. The van der Waals surface area contributed by atoms with Crippen molar-refractivity contribution in [2.75, 3.05) is 25.4 Å². The van der Waals surface area contributed by atoms with Crippen LogP contribution >= 0.6 is 0 Å². The number of amides is 1. The molecule has 1 aliphatic heterocycles. The number of sulfonamides is 1. The smallest absolute Gasteiger partial charge is 0.252 e. The van der Waals surface area contributed by atoms with Gasteiger partial charge < -0.3 is 5.32 Å². The van der Waals surface area contributed by atoms with E-state index in [0.717, 1.165) is 0 Å². The maximum Gasteiger partial charge on any atom is 0.252 e. The van der Waals surface area contributed by atoms with Crippen molar-refractivity contribution < 1.29 is 13.2 Å². The second kappa shape index (κ2) is 5.97. The molecule has 10 heteroatoms. The van der Waals surface area contributed by atoms with Gasteiger partial charge in [-0.25, -0.2) is 22.2 Å². The zero-order valence-electron chi connectivity index (χ0n) is 11.8. The van der Waals surface area contributed by atoms with Crippen LogP contribution in [0.15, 0.2) is 18.5 Å². The Hall–Kier alpha value is -2.07. The Morgan fingerprint density at radius 3 is 3.00 bits per heavy atom. The third kappa shape index (κ3) is 3.22. The molecule has 1 amide bonds. The van der Waals surface area contributed by atoms with Gasteiger partial charge in [-0.2, -0.15) is 4.98 Å². The molecule has 0 bridgehead atoms. The summed E-state index contributed by atoms with van der Waals surface area (Å²) < 4.78 is 26.1. The normalized spacial score (nSPS) is 17.8. The number of nitrogens with one attached hydrogen (secondary N) is 1. The summed E-state index contributed by atoms with van der Waals surface area (Å²) in [5.74, 6) is 0.769. The van der Waals surface area contributed by atoms with Crippen LogP contribution in [-0.4, -0.2) is 63.6 Å². The number of hydrogen-bond donors (Lipinski definition) is 1. The van der Waals surface area contributed by atoms with Crippen molar-refractivity contribution in [2.45, 2.75) is 12.8 Å². The molecule has 0 aromatic carbocycles. The molecule has 1 aliphatic rings. The van der Waals surface area contributed by atoms with Crippen LogP contribution in [0, 0.1) is 0 Å². The summed E-state index contributed by atoms with van der Waals surface area (Å²) in [6, 6.07) is 1.72. The second-order valence-electron chi connectivity index (χ2n) is 4.99. The first-order chi connectivity index (χ1) is 10.5. The number of rotatable bonds is 5. The highest BCUT2D eigenvalue weighted by molar-refractivity contribution is 7.89. The fourth-order valence-electron chi connectivity index (χ4n) is 2.32. The van der Waals surface area contributed by atoms with Gasteiger partial charge in [-0.05, 0) is 12.5 Å². The Bertz CT molecular complexity index is 754. The zero-order valence-corrected chi connectivity index (χ0v) is 12.7. The van der Waals surface area contributed by atoms with E-state index in [-0.39, 0.29) is 24.6 Å². The van der Waals surface area contributed by atoms with Gasteiger partial charge in [0.25, 0.3) is 5.78 Å². The number of carbonyl (C=O) groups is 1. The van der Waals surface area contributed by atoms with Gasteiger partial charge in [0, 0.05) is 32.0 Å². The predicted molar refractivity (Wildman–Crippen MR) is 77.5 cm³/mol. The van der Waals surface area contributed by atoms with Crippen molar-refractivity contribution in [1.82, 2.24) is 29.2 Å². The topological polar surface area (TPSA) is 110 Å². The lowest BCUT2D eigenvalue weighted by atomic mass is 10.4.